The molecule has 3 nitrogen and oxygen atoms in total. The molecule has 0 radical (unpaired) electrons. The zero-order valence-corrected chi connectivity index (χ0v) is 22.9. The van der Waals surface area contributed by atoms with Gasteiger partial charge in [-0.25, -0.2) is 0 Å². The van der Waals surface area contributed by atoms with Crippen LogP contribution in [0.1, 0.15) is 44.4 Å². The maximum Gasteiger partial charge on any atom is 0.119 e. The number of benzene rings is 2. The number of phenolic OH excluding ortho intramolecular Hbond substituents is 3. The highest BCUT2D eigenvalue weighted by atomic mass is 16.3. The number of phenols is 3. The average Bonchev–Trinajstić information content (AvgIpc) is 2.83. The lowest BCUT2D eigenvalue weighted by Gasteiger charge is -1.99. The summed E-state index contributed by atoms with van der Waals surface area (Å²) in [7, 11) is 0. The van der Waals surface area contributed by atoms with Crippen LogP contribution in [0, 0.1) is 6.92 Å². The summed E-state index contributed by atoms with van der Waals surface area (Å²) in [5.74, 6) is 0.363. The van der Waals surface area contributed by atoms with Crippen LogP contribution in [0.4, 0.5) is 0 Å². The third kappa shape index (κ3) is 12.5. The molecule has 2 rings (SSSR count). The van der Waals surface area contributed by atoms with E-state index in [2.05, 4.69) is 31.2 Å². The predicted octanol–water partition coefficient (Wildman–Crippen LogP) is 9.29. The number of hydrogen-bond acceptors (Lipinski definition) is 3. The molecule has 3 N–H and O–H groups in total. The van der Waals surface area contributed by atoms with Crippen molar-refractivity contribution in [3.63, 3.8) is 0 Å². The molecule has 0 saturated heterocycles. The number of rotatable bonds is 10. The Hall–Kier alpha value is -4.50. The van der Waals surface area contributed by atoms with Crippen LogP contribution >= 0.6 is 0 Å². The van der Waals surface area contributed by atoms with Gasteiger partial charge in [0.2, 0.25) is 0 Å². The lowest BCUT2D eigenvalue weighted by Crippen LogP contribution is -1.77. The van der Waals surface area contributed by atoms with Gasteiger partial charge in [-0.15, -0.1) is 0 Å². The van der Waals surface area contributed by atoms with Crippen LogP contribution in [0.15, 0.2) is 132 Å². The Morgan fingerprint density at radius 3 is 1.29 bits per heavy atom. The molecule has 2 aromatic rings. The van der Waals surface area contributed by atoms with E-state index in [1.165, 1.54) is 6.07 Å². The van der Waals surface area contributed by atoms with Gasteiger partial charge in [-0.1, -0.05) is 113 Å². The molecule has 0 aliphatic heterocycles. The SMILES string of the molecule is CC(/C=C/C=C(C)/C=C/c1cc(C)cc(O)c1)=C\C=C\C=C(C)\C=C\C=C(C)\C=C\c1cc(O)cc(O)c1. The van der Waals surface area contributed by atoms with Crippen LogP contribution in [0.2, 0.25) is 0 Å². The lowest BCUT2D eigenvalue weighted by atomic mass is 10.1. The van der Waals surface area contributed by atoms with E-state index >= 15 is 0 Å². The van der Waals surface area contributed by atoms with Gasteiger partial charge in [0.1, 0.15) is 17.2 Å². The maximum absolute atomic E-state index is 9.71. The van der Waals surface area contributed by atoms with Gasteiger partial charge < -0.3 is 15.3 Å². The standard InChI is InChI=1S/C35H38O3/c1-26(12-8-14-28(3)16-18-31-20-30(5)21-33(36)22-31)10-6-7-11-27(2)13-9-15-29(4)17-19-32-23-34(37)25-35(38)24-32/h6-25,36-38H,1-5H3/b7-6+,12-8+,13-9+,18-16+,19-17+,26-10+,27-11+,28-14+,29-15+. The molecule has 0 atom stereocenters. The van der Waals surface area contributed by atoms with Gasteiger partial charge in [0.25, 0.3) is 0 Å². The van der Waals surface area contributed by atoms with Crippen molar-refractivity contribution in [1.29, 1.82) is 0 Å². The molecule has 0 aliphatic rings. The van der Waals surface area contributed by atoms with E-state index in [9.17, 15) is 15.3 Å². The van der Waals surface area contributed by atoms with E-state index in [0.29, 0.717) is 0 Å². The molecule has 3 heteroatoms. The smallest absolute Gasteiger partial charge is 0.119 e. The summed E-state index contributed by atoms with van der Waals surface area (Å²) in [6, 6.07) is 10.0. The molecule has 0 heterocycles. The monoisotopic (exact) mass is 506 g/mol. The molecule has 0 unspecified atom stereocenters. The topological polar surface area (TPSA) is 60.7 Å². The van der Waals surface area contributed by atoms with Crippen molar-refractivity contribution in [2.75, 3.05) is 0 Å². The Kier molecular flexibility index (Phi) is 12.2. The van der Waals surface area contributed by atoms with Crippen LogP contribution in [-0.4, -0.2) is 15.3 Å². The van der Waals surface area contributed by atoms with Crippen LogP contribution in [0.5, 0.6) is 17.2 Å². The minimum absolute atomic E-state index is 0.0399. The van der Waals surface area contributed by atoms with Gasteiger partial charge in [-0.2, -0.15) is 0 Å². The van der Waals surface area contributed by atoms with Crippen molar-refractivity contribution in [3.8, 4) is 17.2 Å². The Bertz CT molecular complexity index is 1220. The number of aryl methyl sites for hydroxylation is 1. The molecule has 2 aromatic carbocycles. The van der Waals surface area contributed by atoms with Crippen LogP contribution in [0.25, 0.3) is 12.2 Å². The minimum atomic E-state index is 0.0399. The second-order valence-electron chi connectivity index (χ2n) is 9.30. The Balaban J connectivity index is 1.86. The summed E-state index contributed by atoms with van der Waals surface area (Å²) < 4.78 is 0. The first-order valence-electron chi connectivity index (χ1n) is 12.5. The van der Waals surface area contributed by atoms with Gasteiger partial charge in [0, 0.05) is 6.07 Å². The quantitative estimate of drug-likeness (QED) is 0.281. The molecule has 38 heavy (non-hydrogen) atoms. The first-order valence-corrected chi connectivity index (χ1v) is 12.5. The Morgan fingerprint density at radius 1 is 0.474 bits per heavy atom. The lowest BCUT2D eigenvalue weighted by molar-refractivity contribution is 0.450. The average molecular weight is 507 g/mol. The second-order valence-corrected chi connectivity index (χ2v) is 9.30. The molecule has 0 aromatic heterocycles. The Morgan fingerprint density at radius 2 is 0.842 bits per heavy atom. The van der Waals surface area contributed by atoms with Crippen molar-refractivity contribution in [2.24, 2.45) is 0 Å². The summed E-state index contributed by atoms with van der Waals surface area (Å²) in [6.07, 6.45) is 28.2. The molecular formula is C35H38O3. The number of allylic oxidation sites excluding steroid dienone is 16. The van der Waals surface area contributed by atoms with Gasteiger partial charge >= 0.3 is 0 Å². The highest BCUT2D eigenvalue weighted by Gasteiger charge is 1.96. The minimum Gasteiger partial charge on any atom is -0.508 e. The third-order valence-corrected chi connectivity index (χ3v) is 5.35. The summed E-state index contributed by atoms with van der Waals surface area (Å²) in [6.45, 7) is 10.1. The predicted molar refractivity (Wildman–Crippen MR) is 163 cm³/mol. The highest BCUT2D eigenvalue weighted by molar-refractivity contribution is 5.57. The van der Waals surface area contributed by atoms with Crippen molar-refractivity contribution in [1.82, 2.24) is 0 Å². The van der Waals surface area contributed by atoms with Crippen LogP contribution in [-0.2, 0) is 0 Å². The van der Waals surface area contributed by atoms with Gasteiger partial charge in [-0.05, 0) is 75.6 Å². The fraction of sp³-hybridized carbons (Fsp3) is 0.143. The highest BCUT2D eigenvalue weighted by Crippen LogP contribution is 2.21. The van der Waals surface area contributed by atoms with Crippen molar-refractivity contribution in [2.45, 2.75) is 34.6 Å². The largest absolute Gasteiger partial charge is 0.508 e. The normalized spacial score (nSPS) is 14.3. The van der Waals surface area contributed by atoms with E-state index in [0.717, 1.165) is 39.0 Å². The van der Waals surface area contributed by atoms with Crippen molar-refractivity contribution in [3.05, 3.63) is 148 Å². The maximum atomic E-state index is 9.71. The van der Waals surface area contributed by atoms with E-state index in [4.69, 9.17) is 0 Å². The molecule has 0 fully saturated rings. The molecular weight excluding hydrogens is 468 g/mol. The van der Waals surface area contributed by atoms with E-state index in [1.54, 1.807) is 24.3 Å². The first kappa shape index (κ1) is 29.7. The molecule has 196 valence electrons. The van der Waals surface area contributed by atoms with Crippen molar-refractivity contribution >= 4 is 12.2 Å². The van der Waals surface area contributed by atoms with Gasteiger partial charge in [0.15, 0.2) is 0 Å². The van der Waals surface area contributed by atoms with E-state index in [-0.39, 0.29) is 17.2 Å². The number of aromatic hydroxyl groups is 3. The second kappa shape index (κ2) is 15.6. The summed E-state index contributed by atoms with van der Waals surface area (Å²) >= 11 is 0. The van der Waals surface area contributed by atoms with E-state index in [1.807, 2.05) is 94.5 Å². The zero-order valence-electron chi connectivity index (χ0n) is 22.9. The number of hydrogen-bond donors (Lipinski definition) is 3. The van der Waals surface area contributed by atoms with Gasteiger partial charge in [-0.3, -0.25) is 0 Å². The molecule has 0 aliphatic carbocycles. The van der Waals surface area contributed by atoms with E-state index < -0.39 is 0 Å². The van der Waals surface area contributed by atoms with Crippen molar-refractivity contribution < 1.29 is 15.3 Å². The molecule has 0 amide bonds. The molecule has 0 bridgehead atoms. The summed E-state index contributed by atoms with van der Waals surface area (Å²) in [4.78, 5) is 0. The fourth-order valence-corrected chi connectivity index (χ4v) is 3.40. The first-order chi connectivity index (χ1) is 18.1. The zero-order chi connectivity index (χ0) is 27.9. The van der Waals surface area contributed by atoms with Gasteiger partial charge in [0.05, 0.1) is 0 Å². The summed E-state index contributed by atoms with van der Waals surface area (Å²) in [5, 5.41) is 28.8. The Labute approximate surface area is 227 Å². The van der Waals surface area contributed by atoms with Crippen LogP contribution in [0.3, 0.4) is 0 Å². The fourth-order valence-electron chi connectivity index (χ4n) is 3.40. The summed E-state index contributed by atoms with van der Waals surface area (Å²) in [5.41, 5.74) is 7.19. The third-order valence-electron chi connectivity index (χ3n) is 5.35. The molecule has 0 spiro atoms. The van der Waals surface area contributed by atoms with Crippen LogP contribution < -0.4 is 0 Å². The molecule has 0 saturated carbocycles.